The van der Waals surface area contributed by atoms with E-state index in [2.05, 4.69) is 20.7 Å². The fourth-order valence-corrected chi connectivity index (χ4v) is 1.52. The van der Waals surface area contributed by atoms with Crippen LogP contribution in [0.2, 0.25) is 0 Å². The van der Waals surface area contributed by atoms with Gasteiger partial charge in [0.05, 0.1) is 0 Å². The van der Waals surface area contributed by atoms with Crippen LogP contribution in [0.5, 0.6) is 5.75 Å². The van der Waals surface area contributed by atoms with Crippen LogP contribution in [0.25, 0.3) is 0 Å². The summed E-state index contributed by atoms with van der Waals surface area (Å²) in [7, 11) is 0. The number of rotatable bonds is 3. The third-order valence-electron chi connectivity index (χ3n) is 2.29. The Morgan fingerprint density at radius 3 is 3.12 bits per heavy atom. The zero-order chi connectivity index (χ0) is 11.5. The van der Waals surface area contributed by atoms with E-state index in [0.717, 1.165) is 6.42 Å². The van der Waals surface area contributed by atoms with Crippen LogP contribution < -0.4 is 21.3 Å². The summed E-state index contributed by atoms with van der Waals surface area (Å²) < 4.78 is 5.53. The van der Waals surface area contributed by atoms with Crippen LogP contribution in [0.1, 0.15) is 19.8 Å². The van der Waals surface area contributed by atoms with Gasteiger partial charge < -0.3 is 15.5 Å². The molecule has 1 aliphatic heterocycles. The Morgan fingerprint density at radius 2 is 2.44 bits per heavy atom. The molecule has 0 saturated heterocycles. The normalized spacial score (nSPS) is 18.4. The number of nitrogens with one attached hydrogen (secondary N) is 2. The van der Waals surface area contributed by atoms with Gasteiger partial charge in [-0.1, -0.05) is 13.3 Å². The maximum Gasteiger partial charge on any atom is 0.266 e. The van der Waals surface area contributed by atoms with E-state index in [9.17, 15) is 4.79 Å². The molecule has 0 radical (unpaired) electrons. The minimum absolute atomic E-state index is 0.184. The number of carbonyl (C=O) groups excluding carboxylic acids is 1. The molecule has 7 nitrogen and oxygen atoms in total. The van der Waals surface area contributed by atoms with Crippen LogP contribution in [0.4, 0.5) is 11.6 Å². The Balaban J connectivity index is 2.32. The van der Waals surface area contributed by atoms with Crippen molar-refractivity contribution in [2.45, 2.75) is 25.9 Å². The summed E-state index contributed by atoms with van der Waals surface area (Å²) in [5.41, 5.74) is 2.41. The van der Waals surface area contributed by atoms with Gasteiger partial charge in [0.15, 0.2) is 17.7 Å². The quantitative estimate of drug-likeness (QED) is 0.502. The number of aromatic nitrogens is 2. The van der Waals surface area contributed by atoms with Crippen LogP contribution in [-0.2, 0) is 4.79 Å². The molecule has 1 atom stereocenters. The zero-order valence-corrected chi connectivity index (χ0v) is 8.86. The largest absolute Gasteiger partial charge is 0.473 e. The summed E-state index contributed by atoms with van der Waals surface area (Å²) in [5, 5.41) is 2.66. The summed E-state index contributed by atoms with van der Waals surface area (Å²) >= 11 is 0. The molecule has 0 aliphatic carbocycles. The molecule has 0 spiro atoms. The van der Waals surface area contributed by atoms with Gasteiger partial charge in [-0.2, -0.15) is 0 Å². The summed E-state index contributed by atoms with van der Waals surface area (Å²) in [6, 6.07) is 0. The first kappa shape index (κ1) is 10.6. The second-order valence-corrected chi connectivity index (χ2v) is 3.43. The molecule has 86 valence electrons. The molecule has 1 aliphatic rings. The number of amides is 1. The van der Waals surface area contributed by atoms with Crippen molar-refractivity contribution in [1.82, 2.24) is 9.97 Å². The third kappa shape index (κ3) is 1.76. The molecule has 4 N–H and O–H groups in total. The number of ether oxygens (including phenoxy) is 1. The SMILES string of the molecule is CCCC1Oc2c(NN)ncnc2NC1=O. The molecule has 16 heavy (non-hydrogen) atoms. The summed E-state index contributed by atoms with van der Waals surface area (Å²) in [6.45, 7) is 1.98. The molecule has 1 unspecified atom stereocenters. The number of hydrogen-bond donors (Lipinski definition) is 3. The van der Waals surface area contributed by atoms with Crippen molar-refractivity contribution in [2.24, 2.45) is 5.84 Å². The molecular formula is C9H13N5O2. The lowest BCUT2D eigenvalue weighted by Gasteiger charge is -2.25. The van der Waals surface area contributed by atoms with Crippen molar-refractivity contribution in [1.29, 1.82) is 0 Å². The third-order valence-corrected chi connectivity index (χ3v) is 2.29. The van der Waals surface area contributed by atoms with Gasteiger partial charge >= 0.3 is 0 Å². The minimum atomic E-state index is -0.504. The van der Waals surface area contributed by atoms with Crippen LogP contribution in [0, 0.1) is 0 Å². The molecule has 1 aromatic rings. The van der Waals surface area contributed by atoms with Crippen molar-refractivity contribution in [3.05, 3.63) is 6.33 Å². The second-order valence-electron chi connectivity index (χ2n) is 3.43. The van der Waals surface area contributed by atoms with E-state index in [-0.39, 0.29) is 5.91 Å². The van der Waals surface area contributed by atoms with E-state index in [1.807, 2.05) is 6.92 Å². The highest BCUT2D eigenvalue weighted by Gasteiger charge is 2.29. The second kappa shape index (κ2) is 4.31. The Bertz CT molecular complexity index is 409. The van der Waals surface area contributed by atoms with Crippen molar-refractivity contribution in [3.63, 3.8) is 0 Å². The first-order valence-corrected chi connectivity index (χ1v) is 5.05. The van der Waals surface area contributed by atoms with Gasteiger partial charge in [0.2, 0.25) is 5.75 Å². The van der Waals surface area contributed by atoms with Crippen LogP contribution in [-0.4, -0.2) is 22.0 Å². The molecule has 0 bridgehead atoms. The number of hydrazine groups is 1. The average Bonchev–Trinajstić information content (AvgIpc) is 2.29. The summed E-state index contributed by atoms with van der Waals surface area (Å²) in [5.74, 6) is 6.22. The topological polar surface area (TPSA) is 102 Å². The fourth-order valence-electron chi connectivity index (χ4n) is 1.52. The standard InChI is InChI=1S/C9H13N5O2/c1-2-3-5-9(15)13-7-6(16-5)8(14-10)12-4-11-7/h4-5H,2-3,10H2,1H3,(H2,11,12,13,14,15). The number of carbonyl (C=O) groups is 1. The highest BCUT2D eigenvalue weighted by molar-refractivity contribution is 5.97. The highest BCUT2D eigenvalue weighted by atomic mass is 16.5. The molecule has 0 fully saturated rings. The molecular weight excluding hydrogens is 210 g/mol. The van der Waals surface area contributed by atoms with Gasteiger partial charge in [0, 0.05) is 0 Å². The lowest BCUT2D eigenvalue weighted by atomic mass is 10.2. The predicted octanol–water partition coefficient (Wildman–Crippen LogP) is 0.262. The Morgan fingerprint density at radius 1 is 1.62 bits per heavy atom. The van der Waals surface area contributed by atoms with E-state index in [1.165, 1.54) is 6.33 Å². The predicted molar refractivity (Wildman–Crippen MR) is 57.8 cm³/mol. The van der Waals surface area contributed by atoms with E-state index in [1.54, 1.807) is 0 Å². The van der Waals surface area contributed by atoms with Crippen molar-refractivity contribution < 1.29 is 9.53 Å². The Hall–Kier alpha value is -1.89. The monoisotopic (exact) mass is 223 g/mol. The van der Waals surface area contributed by atoms with E-state index in [4.69, 9.17) is 10.6 Å². The van der Waals surface area contributed by atoms with Crippen LogP contribution in [0.3, 0.4) is 0 Å². The summed E-state index contributed by atoms with van der Waals surface area (Å²) in [4.78, 5) is 19.4. The summed E-state index contributed by atoms with van der Waals surface area (Å²) in [6.07, 6.45) is 2.30. The number of nitrogens with zero attached hydrogens (tertiary/aromatic N) is 2. The molecule has 2 rings (SSSR count). The number of anilines is 2. The van der Waals surface area contributed by atoms with Crippen molar-refractivity contribution in [2.75, 3.05) is 10.7 Å². The van der Waals surface area contributed by atoms with Gasteiger partial charge in [0.25, 0.3) is 5.91 Å². The Labute approximate surface area is 92.4 Å². The van der Waals surface area contributed by atoms with Gasteiger partial charge in [-0.15, -0.1) is 0 Å². The van der Waals surface area contributed by atoms with Crippen molar-refractivity contribution in [3.8, 4) is 5.75 Å². The lowest BCUT2D eigenvalue weighted by molar-refractivity contribution is -0.123. The van der Waals surface area contributed by atoms with E-state index >= 15 is 0 Å². The van der Waals surface area contributed by atoms with Crippen molar-refractivity contribution >= 4 is 17.5 Å². The molecule has 0 saturated carbocycles. The zero-order valence-electron chi connectivity index (χ0n) is 8.86. The molecule has 1 aromatic heterocycles. The molecule has 0 aromatic carbocycles. The number of hydrogen-bond acceptors (Lipinski definition) is 6. The maximum atomic E-state index is 11.6. The number of nitrogen functional groups attached to an aromatic ring is 1. The lowest BCUT2D eigenvalue weighted by Crippen LogP contribution is -2.37. The first-order chi connectivity index (χ1) is 7.76. The average molecular weight is 223 g/mol. The number of nitrogens with two attached hydrogens (primary N) is 1. The molecule has 2 heterocycles. The van der Waals surface area contributed by atoms with Gasteiger partial charge in [-0.3, -0.25) is 4.79 Å². The van der Waals surface area contributed by atoms with Gasteiger partial charge in [-0.25, -0.2) is 15.8 Å². The number of fused-ring (bicyclic) bond motifs is 1. The van der Waals surface area contributed by atoms with Crippen LogP contribution >= 0.6 is 0 Å². The first-order valence-electron chi connectivity index (χ1n) is 5.05. The van der Waals surface area contributed by atoms with Gasteiger partial charge in [0.1, 0.15) is 6.33 Å². The van der Waals surface area contributed by atoms with E-state index in [0.29, 0.717) is 23.8 Å². The maximum absolute atomic E-state index is 11.6. The molecule has 1 amide bonds. The Kier molecular flexibility index (Phi) is 2.86. The van der Waals surface area contributed by atoms with Crippen LogP contribution in [0.15, 0.2) is 6.33 Å². The minimum Gasteiger partial charge on any atom is -0.473 e. The van der Waals surface area contributed by atoms with E-state index < -0.39 is 6.10 Å². The highest BCUT2D eigenvalue weighted by Crippen LogP contribution is 2.33. The van der Waals surface area contributed by atoms with Gasteiger partial charge in [-0.05, 0) is 6.42 Å². The smallest absolute Gasteiger partial charge is 0.266 e. The fraction of sp³-hybridized carbons (Fsp3) is 0.444. The molecule has 7 heteroatoms.